The Morgan fingerprint density at radius 3 is 2.27 bits per heavy atom. The molecule has 0 spiro atoms. The number of aromatic amines is 2. The Labute approximate surface area is 199 Å². The van der Waals surface area contributed by atoms with E-state index in [9.17, 15) is 14.4 Å². The van der Waals surface area contributed by atoms with Gasteiger partial charge in [0.05, 0.1) is 15.7 Å². The maximum Gasteiger partial charge on any atom is 0.349 e. The van der Waals surface area contributed by atoms with Gasteiger partial charge < -0.3 is 4.74 Å². The minimum Gasteiger partial charge on any atom is -0.434 e. The maximum atomic E-state index is 12.4. The van der Waals surface area contributed by atoms with Crippen LogP contribution in [0.3, 0.4) is 0 Å². The molecule has 0 aliphatic heterocycles. The van der Waals surface area contributed by atoms with Crippen molar-refractivity contribution >= 4 is 31.3 Å². The highest BCUT2D eigenvalue weighted by molar-refractivity contribution is 6.83. The predicted molar refractivity (Wildman–Crippen MR) is 130 cm³/mol. The predicted octanol–water partition coefficient (Wildman–Crippen LogP) is 3.46. The van der Waals surface area contributed by atoms with Crippen LogP contribution in [-0.4, -0.2) is 33.0 Å². The number of aromatic nitrogens is 5. The molecular formula is C21H21Cl2N5O4Si. The molecule has 2 N–H and O–H groups in total. The van der Waals surface area contributed by atoms with Gasteiger partial charge in [0.25, 0.3) is 11.1 Å². The first-order valence-corrected chi connectivity index (χ1v) is 14.1. The molecule has 33 heavy (non-hydrogen) atoms. The van der Waals surface area contributed by atoms with Crippen molar-refractivity contribution in [3.63, 3.8) is 0 Å². The lowest BCUT2D eigenvalue weighted by Gasteiger charge is -2.12. The van der Waals surface area contributed by atoms with Crippen molar-refractivity contribution in [3.05, 3.63) is 70.7 Å². The zero-order chi connectivity index (χ0) is 24.5. The van der Waals surface area contributed by atoms with E-state index >= 15 is 0 Å². The van der Waals surface area contributed by atoms with Crippen LogP contribution in [0, 0.1) is 11.5 Å². The first-order chi connectivity index (χ1) is 15.4. The summed E-state index contributed by atoms with van der Waals surface area (Å²) in [4.78, 5) is 38.6. The Balaban J connectivity index is 2.04. The number of ether oxygens (including phenoxy) is 1. The van der Waals surface area contributed by atoms with Crippen molar-refractivity contribution in [1.29, 1.82) is 0 Å². The van der Waals surface area contributed by atoms with Crippen LogP contribution in [0.15, 0.2) is 32.6 Å². The molecule has 0 aliphatic rings. The molecule has 0 fully saturated rings. The van der Waals surface area contributed by atoms with E-state index in [0.717, 1.165) is 4.68 Å². The van der Waals surface area contributed by atoms with Crippen LogP contribution in [0.25, 0.3) is 5.69 Å². The Hall–Kier alpha value is -3.13. The summed E-state index contributed by atoms with van der Waals surface area (Å²) in [6, 6.07) is 4.31. The largest absolute Gasteiger partial charge is 0.434 e. The van der Waals surface area contributed by atoms with Crippen molar-refractivity contribution < 1.29 is 4.74 Å². The molecule has 0 saturated carbocycles. The zero-order valence-electron chi connectivity index (χ0n) is 18.5. The molecule has 0 aliphatic carbocycles. The number of H-pyrrole nitrogens is 2. The molecule has 0 amide bonds. The van der Waals surface area contributed by atoms with E-state index in [4.69, 9.17) is 27.9 Å². The average Bonchev–Trinajstić information content (AvgIpc) is 2.70. The van der Waals surface area contributed by atoms with Crippen LogP contribution in [0.1, 0.15) is 31.0 Å². The molecule has 0 unspecified atom stereocenters. The summed E-state index contributed by atoms with van der Waals surface area (Å²) in [5, 5.41) is 10.4. The molecule has 0 bridgehead atoms. The minimum atomic E-state index is -1.78. The van der Waals surface area contributed by atoms with E-state index in [2.05, 4.69) is 31.7 Å². The Bertz CT molecular complexity index is 1440. The maximum absolute atomic E-state index is 12.4. The summed E-state index contributed by atoms with van der Waals surface area (Å²) in [5.41, 5.74) is 1.86. The SMILES string of the molecule is CC(C)c1cc(Oc2c(Cl)cc(-n3nc(C#C[Si](C)(C)C)c(=O)[nH]c3=O)cc2Cl)n[nH]c1=O. The second kappa shape index (κ2) is 9.39. The lowest BCUT2D eigenvalue weighted by molar-refractivity contribution is 0.452. The smallest absolute Gasteiger partial charge is 0.349 e. The van der Waals surface area contributed by atoms with Crippen LogP contribution < -0.4 is 21.5 Å². The fourth-order valence-corrected chi connectivity index (χ4v) is 3.70. The monoisotopic (exact) mass is 505 g/mol. The van der Waals surface area contributed by atoms with Gasteiger partial charge in [-0.3, -0.25) is 14.6 Å². The second-order valence-corrected chi connectivity index (χ2v) is 14.1. The van der Waals surface area contributed by atoms with E-state index < -0.39 is 19.3 Å². The van der Waals surface area contributed by atoms with Gasteiger partial charge in [-0.25, -0.2) is 9.89 Å². The van der Waals surface area contributed by atoms with Gasteiger partial charge in [0.15, 0.2) is 11.4 Å². The summed E-state index contributed by atoms with van der Waals surface area (Å²) in [7, 11) is -1.78. The summed E-state index contributed by atoms with van der Waals surface area (Å²) in [6.07, 6.45) is 0. The highest BCUT2D eigenvalue weighted by atomic mass is 35.5. The lowest BCUT2D eigenvalue weighted by atomic mass is 10.1. The van der Waals surface area contributed by atoms with E-state index in [-0.39, 0.29) is 44.5 Å². The van der Waals surface area contributed by atoms with Crippen LogP contribution in [0.5, 0.6) is 11.6 Å². The third-order valence-electron chi connectivity index (χ3n) is 4.25. The summed E-state index contributed by atoms with van der Waals surface area (Å²) < 4.78 is 6.65. The lowest BCUT2D eigenvalue weighted by Crippen LogP contribution is -2.33. The van der Waals surface area contributed by atoms with E-state index in [1.807, 2.05) is 33.5 Å². The molecule has 0 atom stereocenters. The molecule has 3 aromatic rings. The van der Waals surface area contributed by atoms with Gasteiger partial charge >= 0.3 is 5.69 Å². The van der Waals surface area contributed by atoms with Crippen LogP contribution in [0.4, 0.5) is 0 Å². The molecular weight excluding hydrogens is 485 g/mol. The van der Waals surface area contributed by atoms with Gasteiger partial charge in [0.1, 0.15) is 8.07 Å². The first-order valence-electron chi connectivity index (χ1n) is 9.89. The topological polar surface area (TPSA) is 123 Å². The van der Waals surface area contributed by atoms with Gasteiger partial charge in [-0.15, -0.1) is 15.7 Å². The summed E-state index contributed by atoms with van der Waals surface area (Å²) >= 11 is 12.7. The molecule has 2 heterocycles. The second-order valence-electron chi connectivity index (χ2n) is 8.51. The first kappa shape index (κ1) is 24.5. The standard InChI is InChI=1S/C21H21Cl2N5O4Si/c1-11(2)13-10-17(25-26-19(13)29)32-18-14(22)8-12(9-15(18)23)28-21(31)24-20(30)16(27-28)6-7-33(3,4)5/h8-11H,1-5H3,(H,26,29)(H,24,30,31). The third kappa shape index (κ3) is 5.81. The van der Waals surface area contributed by atoms with Gasteiger partial charge in [-0.2, -0.15) is 4.68 Å². The number of benzene rings is 1. The van der Waals surface area contributed by atoms with Crippen molar-refractivity contribution in [2.75, 3.05) is 0 Å². The molecule has 1 aromatic carbocycles. The molecule has 2 aromatic heterocycles. The Morgan fingerprint density at radius 2 is 1.70 bits per heavy atom. The van der Waals surface area contributed by atoms with Gasteiger partial charge in [0, 0.05) is 11.6 Å². The van der Waals surface area contributed by atoms with Crippen LogP contribution in [-0.2, 0) is 0 Å². The highest BCUT2D eigenvalue weighted by Gasteiger charge is 2.17. The molecule has 0 radical (unpaired) electrons. The van der Waals surface area contributed by atoms with Crippen LogP contribution >= 0.6 is 23.2 Å². The average molecular weight is 506 g/mol. The molecule has 172 valence electrons. The van der Waals surface area contributed by atoms with Crippen molar-refractivity contribution in [2.24, 2.45) is 0 Å². The molecule has 12 heteroatoms. The van der Waals surface area contributed by atoms with E-state index in [1.54, 1.807) is 0 Å². The Morgan fingerprint density at radius 1 is 1.06 bits per heavy atom. The number of halogens is 2. The third-order valence-corrected chi connectivity index (χ3v) is 5.69. The van der Waals surface area contributed by atoms with Crippen molar-refractivity contribution in [2.45, 2.75) is 39.4 Å². The van der Waals surface area contributed by atoms with Gasteiger partial charge in [-0.05, 0) is 24.0 Å². The highest BCUT2D eigenvalue weighted by Crippen LogP contribution is 2.37. The van der Waals surface area contributed by atoms with Gasteiger partial charge in [-0.1, -0.05) is 56.7 Å². The number of nitrogens with one attached hydrogen (secondary N) is 2. The minimum absolute atomic E-state index is 0.0520. The number of nitrogens with zero attached hydrogens (tertiary/aromatic N) is 3. The Kier molecular flexibility index (Phi) is 6.97. The fourth-order valence-electron chi connectivity index (χ4n) is 2.66. The van der Waals surface area contributed by atoms with Crippen molar-refractivity contribution in [1.82, 2.24) is 25.0 Å². The normalized spacial score (nSPS) is 11.3. The molecule has 3 rings (SSSR count). The number of rotatable bonds is 4. The van der Waals surface area contributed by atoms with E-state index in [0.29, 0.717) is 5.56 Å². The summed E-state index contributed by atoms with van der Waals surface area (Å²) in [6.45, 7) is 9.78. The van der Waals surface area contributed by atoms with Crippen molar-refractivity contribution in [3.8, 4) is 28.8 Å². The quantitative estimate of drug-likeness (QED) is 0.413. The zero-order valence-corrected chi connectivity index (χ0v) is 21.1. The number of hydrogen-bond donors (Lipinski definition) is 2. The molecule has 9 nitrogen and oxygen atoms in total. The van der Waals surface area contributed by atoms with Gasteiger partial charge in [0.2, 0.25) is 5.88 Å². The number of hydrogen-bond acceptors (Lipinski definition) is 6. The fraction of sp³-hybridized carbons (Fsp3) is 0.286. The molecule has 0 saturated heterocycles. The van der Waals surface area contributed by atoms with E-state index in [1.165, 1.54) is 18.2 Å². The summed E-state index contributed by atoms with van der Waals surface area (Å²) in [5.74, 6) is 2.87. The van der Waals surface area contributed by atoms with Crippen LogP contribution in [0.2, 0.25) is 29.7 Å².